The van der Waals surface area contributed by atoms with E-state index < -0.39 is 0 Å². The Morgan fingerprint density at radius 2 is 2.00 bits per heavy atom. The Bertz CT molecular complexity index is 268. The molecule has 0 aliphatic carbocycles. The molecule has 0 saturated carbocycles. The molecule has 1 aromatic rings. The molecule has 0 radical (unpaired) electrons. The largest absolute Gasteiger partial charge is 0.327 e. The lowest BCUT2D eigenvalue weighted by Crippen LogP contribution is -1.93. The molecule has 0 atom stereocenters. The predicted molar refractivity (Wildman–Crippen MR) is 48.3 cm³/mol. The highest BCUT2D eigenvalue weighted by molar-refractivity contribution is 5.19. The van der Waals surface area contributed by atoms with Crippen LogP contribution in [-0.2, 0) is 6.42 Å². The molecule has 1 aromatic carbocycles. The third-order valence-corrected chi connectivity index (χ3v) is 1.60. The minimum atomic E-state index is -0.154. The third kappa shape index (κ3) is 2.47. The zero-order valence-electron chi connectivity index (χ0n) is 6.83. The van der Waals surface area contributed by atoms with Crippen molar-refractivity contribution in [2.24, 2.45) is 5.73 Å². The molecule has 0 heterocycles. The van der Waals surface area contributed by atoms with Gasteiger partial charge >= 0.3 is 0 Å². The van der Waals surface area contributed by atoms with Crippen molar-refractivity contribution in [1.82, 2.24) is 0 Å². The van der Waals surface area contributed by atoms with Crippen LogP contribution in [0.25, 0.3) is 0 Å². The second-order valence-electron chi connectivity index (χ2n) is 2.50. The average molecular weight is 165 g/mol. The molecule has 0 bridgehead atoms. The minimum absolute atomic E-state index is 0.154. The molecule has 0 aliphatic heterocycles. The van der Waals surface area contributed by atoms with Crippen LogP contribution >= 0.6 is 0 Å². The molecule has 0 spiro atoms. The number of hydrogen-bond donors (Lipinski definition) is 1. The van der Waals surface area contributed by atoms with E-state index in [9.17, 15) is 4.39 Å². The summed E-state index contributed by atoms with van der Waals surface area (Å²) in [5.41, 5.74) is 5.96. The first kappa shape index (κ1) is 8.94. The van der Waals surface area contributed by atoms with Crippen LogP contribution in [0.5, 0.6) is 0 Å². The molecule has 0 aromatic heterocycles. The highest BCUT2D eigenvalue weighted by Crippen LogP contribution is 2.06. The second-order valence-corrected chi connectivity index (χ2v) is 2.50. The summed E-state index contributed by atoms with van der Waals surface area (Å²) < 4.78 is 13.0. The number of rotatable bonds is 3. The molecule has 0 saturated heterocycles. The normalized spacial score (nSPS) is 10.8. The molecule has 0 unspecified atom stereocenters. The molecule has 2 N–H and O–H groups in total. The highest BCUT2D eigenvalue weighted by atomic mass is 19.1. The molecule has 1 rings (SSSR count). The van der Waals surface area contributed by atoms with E-state index in [1.165, 1.54) is 6.07 Å². The van der Waals surface area contributed by atoms with Gasteiger partial charge in [0, 0.05) is 6.54 Å². The van der Waals surface area contributed by atoms with Crippen LogP contribution in [0.2, 0.25) is 0 Å². The molecule has 0 fully saturated rings. The summed E-state index contributed by atoms with van der Waals surface area (Å²) in [7, 11) is 0. The van der Waals surface area contributed by atoms with Crippen LogP contribution in [0.15, 0.2) is 36.4 Å². The standard InChI is InChI=1S/C10H12FN/c11-10-7-2-1-5-9(10)6-3-4-8-12/h1-5,7H,6,8,12H2/b4-3+. The Morgan fingerprint density at radius 3 is 2.67 bits per heavy atom. The summed E-state index contributed by atoms with van der Waals surface area (Å²) in [5.74, 6) is -0.154. The summed E-state index contributed by atoms with van der Waals surface area (Å²) in [6, 6.07) is 6.75. The SMILES string of the molecule is NC/C=C/Cc1ccccc1F. The van der Waals surface area contributed by atoms with Crippen LogP contribution < -0.4 is 5.73 Å². The van der Waals surface area contributed by atoms with Gasteiger partial charge in [0.05, 0.1) is 0 Å². The van der Waals surface area contributed by atoms with Gasteiger partial charge in [-0.1, -0.05) is 30.4 Å². The molecular weight excluding hydrogens is 153 g/mol. The van der Waals surface area contributed by atoms with Crippen LogP contribution in [0.1, 0.15) is 5.56 Å². The summed E-state index contributed by atoms with van der Waals surface area (Å²) in [5, 5.41) is 0. The van der Waals surface area contributed by atoms with E-state index in [2.05, 4.69) is 0 Å². The monoisotopic (exact) mass is 165 g/mol. The molecule has 1 nitrogen and oxygen atoms in total. The number of benzene rings is 1. The van der Waals surface area contributed by atoms with Crippen LogP contribution in [0.3, 0.4) is 0 Å². The molecule has 0 amide bonds. The van der Waals surface area contributed by atoms with Gasteiger partial charge in [-0.2, -0.15) is 0 Å². The van der Waals surface area contributed by atoms with Crippen molar-refractivity contribution >= 4 is 0 Å². The van der Waals surface area contributed by atoms with Gasteiger partial charge < -0.3 is 5.73 Å². The maximum absolute atomic E-state index is 13.0. The van der Waals surface area contributed by atoms with Gasteiger partial charge in [-0.15, -0.1) is 0 Å². The van der Waals surface area contributed by atoms with E-state index in [1.807, 2.05) is 18.2 Å². The quantitative estimate of drug-likeness (QED) is 0.680. The van der Waals surface area contributed by atoms with Gasteiger partial charge in [-0.05, 0) is 18.1 Å². The number of nitrogens with two attached hydrogens (primary N) is 1. The molecular formula is C10H12FN. The smallest absolute Gasteiger partial charge is 0.126 e. The zero-order valence-corrected chi connectivity index (χ0v) is 6.83. The second kappa shape index (κ2) is 4.67. The maximum atomic E-state index is 13.0. The van der Waals surface area contributed by atoms with Gasteiger partial charge in [0.25, 0.3) is 0 Å². The van der Waals surface area contributed by atoms with E-state index >= 15 is 0 Å². The Labute approximate surface area is 71.7 Å². The Morgan fingerprint density at radius 1 is 1.25 bits per heavy atom. The predicted octanol–water partition coefficient (Wildman–Crippen LogP) is 1.88. The minimum Gasteiger partial charge on any atom is -0.327 e. The maximum Gasteiger partial charge on any atom is 0.126 e. The van der Waals surface area contributed by atoms with Crippen molar-refractivity contribution in [3.8, 4) is 0 Å². The van der Waals surface area contributed by atoms with Gasteiger partial charge in [0.2, 0.25) is 0 Å². The van der Waals surface area contributed by atoms with Crippen molar-refractivity contribution in [1.29, 1.82) is 0 Å². The Hall–Kier alpha value is -1.15. The molecule has 0 aliphatic rings. The van der Waals surface area contributed by atoms with Crippen molar-refractivity contribution in [3.05, 3.63) is 47.8 Å². The molecule has 2 heteroatoms. The van der Waals surface area contributed by atoms with E-state index in [-0.39, 0.29) is 5.82 Å². The molecule has 12 heavy (non-hydrogen) atoms. The van der Waals surface area contributed by atoms with Gasteiger partial charge in [0.1, 0.15) is 5.82 Å². The first-order chi connectivity index (χ1) is 5.84. The van der Waals surface area contributed by atoms with E-state index in [0.717, 1.165) is 0 Å². The number of halogens is 1. The van der Waals surface area contributed by atoms with Crippen molar-refractivity contribution in [3.63, 3.8) is 0 Å². The number of allylic oxidation sites excluding steroid dienone is 1. The van der Waals surface area contributed by atoms with Crippen molar-refractivity contribution in [2.75, 3.05) is 6.54 Å². The van der Waals surface area contributed by atoms with Crippen LogP contribution in [-0.4, -0.2) is 6.54 Å². The third-order valence-electron chi connectivity index (χ3n) is 1.60. The summed E-state index contributed by atoms with van der Waals surface area (Å²) in [4.78, 5) is 0. The fourth-order valence-corrected chi connectivity index (χ4v) is 0.970. The average Bonchev–Trinajstić information content (AvgIpc) is 2.09. The van der Waals surface area contributed by atoms with Gasteiger partial charge in [-0.25, -0.2) is 4.39 Å². The van der Waals surface area contributed by atoms with Gasteiger partial charge in [-0.3, -0.25) is 0 Å². The van der Waals surface area contributed by atoms with Gasteiger partial charge in [0.15, 0.2) is 0 Å². The zero-order chi connectivity index (χ0) is 8.81. The van der Waals surface area contributed by atoms with Crippen molar-refractivity contribution in [2.45, 2.75) is 6.42 Å². The lowest BCUT2D eigenvalue weighted by molar-refractivity contribution is 0.615. The van der Waals surface area contributed by atoms with E-state index in [1.54, 1.807) is 12.1 Å². The van der Waals surface area contributed by atoms with Crippen LogP contribution in [0.4, 0.5) is 4.39 Å². The van der Waals surface area contributed by atoms with E-state index in [4.69, 9.17) is 5.73 Å². The number of hydrogen-bond acceptors (Lipinski definition) is 1. The lowest BCUT2D eigenvalue weighted by atomic mass is 10.1. The summed E-state index contributed by atoms with van der Waals surface area (Å²) in [6.45, 7) is 0.508. The first-order valence-corrected chi connectivity index (χ1v) is 3.93. The lowest BCUT2D eigenvalue weighted by Gasteiger charge is -1.96. The fourth-order valence-electron chi connectivity index (χ4n) is 0.970. The fraction of sp³-hybridized carbons (Fsp3) is 0.200. The summed E-state index contributed by atoms with van der Waals surface area (Å²) in [6.07, 6.45) is 4.31. The Kier molecular flexibility index (Phi) is 3.48. The van der Waals surface area contributed by atoms with E-state index in [0.29, 0.717) is 18.5 Å². The topological polar surface area (TPSA) is 26.0 Å². The molecule has 64 valence electrons. The highest BCUT2D eigenvalue weighted by Gasteiger charge is 1.95. The van der Waals surface area contributed by atoms with Crippen LogP contribution in [0, 0.1) is 5.82 Å². The summed E-state index contributed by atoms with van der Waals surface area (Å²) >= 11 is 0. The Balaban J connectivity index is 2.63. The first-order valence-electron chi connectivity index (χ1n) is 3.93. The van der Waals surface area contributed by atoms with Crippen molar-refractivity contribution < 1.29 is 4.39 Å².